The van der Waals surface area contributed by atoms with Gasteiger partial charge in [0.25, 0.3) is 0 Å². The van der Waals surface area contributed by atoms with Crippen molar-refractivity contribution >= 4 is 16.7 Å². The predicted molar refractivity (Wildman–Crippen MR) is 51.7 cm³/mol. The smallest absolute Gasteiger partial charge is 0.146 e. The topological polar surface area (TPSA) is 63.9 Å². The molecule has 0 unspecified atom stereocenters. The Balaban J connectivity index is 2.58. The van der Waals surface area contributed by atoms with E-state index in [1.165, 1.54) is 0 Å². The minimum absolute atomic E-state index is 0.641. The summed E-state index contributed by atoms with van der Waals surface area (Å²) in [6.07, 6.45) is 3.41. The normalized spacial score (nSPS) is 10.5. The van der Waals surface area contributed by atoms with Gasteiger partial charge in [-0.25, -0.2) is 4.98 Å². The number of nitrogens with zero attached hydrogens (tertiary/aromatic N) is 1. The van der Waals surface area contributed by atoms with Crippen molar-refractivity contribution < 1.29 is 4.74 Å². The van der Waals surface area contributed by atoms with E-state index < -0.39 is 0 Å². The summed E-state index contributed by atoms with van der Waals surface area (Å²) in [5, 5.41) is 0.932. The van der Waals surface area contributed by atoms with E-state index >= 15 is 0 Å². The minimum Gasteiger partial charge on any atom is -0.492 e. The summed E-state index contributed by atoms with van der Waals surface area (Å²) in [5.74, 6) is 0.803. The molecule has 0 fully saturated rings. The van der Waals surface area contributed by atoms with Crippen LogP contribution in [0.1, 0.15) is 6.92 Å². The number of hydrogen-bond donors (Lipinski definition) is 2. The molecule has 2 aromatic rings. The average Bonchev–Trinajstić information content (AvgIpc) is 2.49. The van der Waals surface area contributed by atoms with Crippen molar-refractivity contribution in [2.24, 2.45) is 0 Å². The summed E-state index contributed by atoms with van der Waals surface area (Å²) in [7, 11) is 0. The molecule has 4 nitrogen and oxygen atoms in total. The second-order valence-corrected chi connectivity index (χ2v) is 2.75. The van der Waals surface area contributed by atoms with E-state index in [2.05, 4.69) is 9.97 Å². The molecule has 4 heteroatoms. The summed E-state index contributed by atoms with van der Waals surface area (Å²) >= 11 is 0. The van der Waals surface area contributed by atoms with Crippen LogP contribution < -0.4 is 10.5 Å². The molecule has 0 aliphatic carbocycles. The summed E-state index contributed by atoms with van der Waals surface area (Å²) in [6, 6.07) is 1.85. The molecule has 13 heavy (non-hydrogen) atoms. The van der Waals surface area contributed by atoms with Crippen LogP contribution in [0.3, 0.4) is 0 Å². The maximum atomic E-state index is 5.62. The maximum absolute atomic E-state index is 5.62. The van der Waals surface area contributed by atoms with Crippen LogP contribution in [0.4, 0.5) is 5.69 Å². The molecule has 0 saturated carbocycles. The van der Waals surface area contributed by atoms with Crippen molar-refractivity contribution in [1.29, 1.82) is 0 Å². The van der Waals surface area contributed by atoms with Crippen LogP contribution in [0.2, 0.25) is 0 Å². The Hall–Kier alpha value is -1.71. The highest BCUT2D eigenvalue weighted by atomic mass is 16.5. The lowest BCUT2D eigenvalue weighted by atomic mass is 10.3. The number of aromatic amines is 1. The van der Waals surface area contributed by atoms with Gasteiger partial charge in [0, 0.05) is 6.20 Å². The standard InChI is InChI=1S/C9H11N3O/c1-2-13-8-5-12-9-7(8)3-6(10)4-11-9/h3-5H,2,10H2,1H3,(H,11,12). The average molecular weight is 177 g/mol. The Bertz CT molecular complexity index is 422. The number of rotatable bonds is 2. The first-order chi connectivity index (χ1) is 6.31. The lowest BCUT2D eigenvalue weighted by Gasteiger charge is -1.99. The fraction of sp³-hybridized carbons (Fsp3) is 0.222. The fourth-order valence-electron chi connectivity index (χ4n) is 1.27. The summed E-state index contributed by atoms with van der Waals surface area (Å²) in [4.78, 5) is 7.13. The van der Waals surface area contributed by atoms with Crippen LogP contribution in [0, 0.1) is 0 Å². The third-order valence-corrected chi connectivity index (χ3v) is 1.81. The molecule has 0 bridgehead atoms. The number of anilines is 1. The molecule has 2 heterocycles. The van der Waals surface area contributed by atoms with E-state index in [0.717, 1.165) is 16.8 Å². The van der Waals surface area contributed by atoms with E-state index in [1.54, 1.807) is 12.4 Å². The van der Waals surface area contributed by atoms with Gasteiger partial charge in [0.1, 0.15) is 11.4 Å². The van der Waals surface area contributed by atoms with Gasteiger partial charge in [0.15, 0.2) is 0 Å². The van der Waals surface area contributed by atoms with Gasteiger partial charge in [-0.2, -0.15) is 0 Å². The number of aromatic nitrogens is 2. The molecule has 0 spiro atoms. The van der Waals surface area contributed by atoms with Gasteiger partial charge in [-0.05, 0) is 13.0 Å². The third kappa shape index (κ3) is 1.30. The van der Waals surface area contributed by atoms with Crippen molar-refractivity contribution in [2.45, 2.75) is 6.92 Å². The molecule has 3 N–H and O–H groups in total. The Morgan fingerprint density at radius 3 is 3.23 bits per heavy atom. The molecular weight excluding hydrogens is 166 g/mol. The van der Waals surface area contributed by atoms with Crippen LogP contribution in [-0.2, 0) is 0 Å². The van der Waals surface area contributed by atoms with Crippen LogP contribution in [0.15, 0.2) is 18.5 Å². The number of nitrogen functional groups attached to an aromatic ring is 1. The molecule has 0 aliphatic heterocycles. The van der Waals surface area contributed by atoms with E-state index in [0.29, 0.717) is 12.3 Å². The number of pyridine rings is 1. The quantitative estimate of drug-likeness (QED) is 0.731. The van der Waals surface area contributed by atoms with Gasteiger partial charge < -0.3 is 15.5 Å². The molecule has 0 saturated heterocycles. The summed E-state index contributed by atoms with van der Waals surface area (Å²) < 4.78 is 5.39. The van der Waals surface area contributed by atoms with Crippen molar-refractivity contribution in [3.63, 3.8) is 0 Å². The van der Waals surface area contributed by atoms with Gasteiger partial charge >= 0.3 is 0 Å². The van der Waals surface area contributed by atoms with Gasteiger partial charge in [-0.1, -0.05) is 0 Å². The Labute approximate surface area is 75.7 Å². The molecule has 2 rings (SSSR count). The zero-order valence-electron chi connectivity index (χ0n) is 7.37. The zero-order chi connectivity index (χ0) is 9.26. The molecule has 68 valence electrons. The van der Waals surface area contributed by atoms with Gasteiger partial charge in [0.05, 0.1) is 23.9 Å². The first-order valence-corrected chi connectivity index (χ1v) is 4.16. The first kappa shape index (κ1) is 7.91. The van der Waals surface area contributed by atoms with Gasteiger partial charge in [0.2, 0.25) is 0 Å². The highest BCUT2D eigenvalue weighted by Crippen LogP contribution is 2.25. The Morgan fingerprint density at radius 2 is 2.46 bits per heavy atom. The monoisotopic (exact) mass is 177 g/mol. The number of hydrogen-bond acceptors (Lipinski definition) is 3. The number of H-pyrrole nitrogens is 1. The van der Waals surface area contributed by atoms with Gasteiger partial charge in [-0.3, -0.25) is 0 Å². The third-order valence-electron chi connectivity index (χ3n) is 1.81. The molecule has 0 radical (unpaired) electrons. The van der Waals surface area contributed by atoms with E-state index in [-0.39, 0.29) is 0 Å². The molecule has 2 aromatic heterocycles. The van der Waals surface area contributed by atoms with Crippen LogP contribution in [0.25, 0.3) is 11.0 Å². The number of ether oxygens (including phenoxy) is 1. The molecule has 0 aromatic carbocycles. The summed E-state index contributed by atoms with van der Waals surface area (Å²) in [6.45, 7) is 2.58. The van der Waals surface area contributed by atoms with Crippen LogP contribution >= 0.6 is 0 Å². The van der Waals surface area contributed by atoms with Crippen LogP contribution in [0.5, 0.6) is 5.75 Å². The van der Waals surface area contributed by atoms with Crippen molar-refractivity contribution in [3.05, 3.63) is 18.5 Å². The van der Waals surface area contributed by atoms with Gasteiger partial charge in [-0.15, -0.1) is 0 Å². The van der Waals surface area contributed by atoms with E-state index in [9.17, 15) is 0 Å². The Kier molecular flexibility index (Phi) is 1.81. The zero-order valence-corrected chi connectivity index (χ0v) is 7.37. The van der Waals surface area contributed by atoms with Crippen molar-refractivity contribution in [1.82, 2.24) is 9.97 Å². The Morgan fingerprint density at radius 1 is 1.62 bits per heavy atom. The highest BCUT2D eigenvalue weighted by Gasteiger charge is 2.04. The van der Waals surface area contributed by atoms with Crippen molar-refractivity contribution in [2.75, 3.05) is 12.3 Å². The lowest BCUT2D eigenvalue weighted by Crippen LogP contribution is -1.90. The van der Waals surface area contributed by atoms with Crippen molar-refractivity contribution in [3.8, 4) is 5.75 Å². The number of nitrogens with one attached hydrogen (secondary N) is 1. The largest absolute Gasteiger partial charge is 0.492 e. The molecule has 0 aliphatic rings. The SMILES string of the molecule is CCOc1c[nH]c2ncc(N)cc12. The maximum Gasteiger partial charge on any atom is 0.146 e. The molecular formula is C9H11N3O. The van der Waals surface area contributed by atoms with E-state index in [4.69, 9.17) is 10.5 Å². The lowest BCUT2D eigenvalue weighted by molar-refractivity contribution is 0.344. The highest BCUT2D eigenvalue weighted by molar-refractivity contribution is 5.85. The van der Waals surface area contributed by atoms with E-state index in [1.807, 2.05) is 13.0 Å². The van der Waals surface area contributed by atoms with Crippen LogP contribution in [-0.4, -0.2) is 16.6 Å². The molecule has 0 atom stereocenters. The summed E-state index contributed by atoms with van der Waals surface area (Å²) in [5.41, 5.74) is 7.07. The number of nitrogens with two attached hydrogens (primary N) is 1. The molecule has 0 amide bonds. The second-order valence-electron chi connectivity index (χ2n) is 2.75. The minimum atomic E-state index is 0.641. The predicted octanol–water partition coefficient (Wildman–Crippen LogP) is 1.54. The number of fused-ring (bicyclic) bond motifs is 1. The second kappa shape index (κ2) is 2.97. The first-order valence-electron chi connectivity index (χ1n) is 4.16. The fourth-order valence-corrected chi connectivity index (χ4v) is 1.27.